The Bertz CT molecular complexity index is 227. The summed E-state index contributed by atoms with van der Waals surface area (Å²) in [5, 5.41) is 8.81. The van der Waals surface area contributed by atoms with Crippen molar-refractivity contribution in [2.45, 2.75) is 39.2 Å². The second kappa shape index (κ2) is 5.64. The van der Waals surface area contributed by atoms with E-state index in [0.717, 1.165) is 25.9 Å². The number of hydrogen-bond acceptors (Lipinski definition) is 4. The Morgan fingerprint density at radius 2 is 1.94 bits per heavy atom. The molecule has 1 heterocycles. The summed E-state index contributed by atoms with van der Waals surface area (Å²) in [5.41, 5.74) is -0.390. The molecule has 0 bridgehead atoms. The summed E-state index contributed by atoms with van der Waals surface area (Å²) in [4.78, 5) is 14.0. The number of aliphatic hydroxyl groups excluding tert-OH is 1. The minimum absolute atomic E-state index is 0.0363. The van der Waals surface area contributed by atoms with E-state index in [-0.39, 0.29) is 24.1 Å². The maximum Gasteiger partial charge on any atom is 0.309 e. The number of carbonyl (C=O) groups excluding carboxylic acids is 1. The van der Waals surface area contributed by atoms with Crippen molar-refractivity contribution in [2.75, 3.05) is 26.2 Å². The number of hydrogen-bond donors (Lipinski definition) is 1. The third-order valence-electron chi connectivity index (χ3n) is 2.74. The molecule has 4 nitrogen and oxygen atoms in total. The summed E-state index contributed by atoms with van der Waals surface area (Å²) in [5.74, 6) is -0.0367. The highest BCUT2D eigenvalue weighted by molar-refractivity contribution is 5.73. The molecule has 16 heavy (non-hydrogen) atoms. The summed E-state index contributed by atoms with van der Waals surface area (Å²) >= 11 is 0. The SMILES string of the molecule is CC(C)(C)OC(=O)C1CCN(CCO)CC1. The second-order valence-electron chi connectivity index (χ2n) is 5.37. The van der Waals surface area contributed by atoms with Crippen LogP contribution in [0.15, 0.2) is 0 Å². The minimum Gasteiger partial charge on any atom is -0.460 e. The lowest BCUT2D eigenvalue weighted by Crippen LogP contribution is -2.39. The zero-order valence-corrected chi connectivity index (χ0v) is 10.5. The number of β-amino-alcohol motifs (C(OH)–C–C–N with tert-alkyl or cyclic N) is 1. The van der Waals surface area contributed by atoms with Crippen molar-refractivity contribution in [3.05, 3.63) is 0 Å². The standard InChI is InChI=1S/C12H23NO3/c1-12(2,3)16-11(15)10-4-6-13(7-5-10)8-9-14/h10,14H,4-9H2,1-3H3. The first-order valence-corrected chi connectivity index (χ1v) is 5.98. The molecule has 0 unspecified atom stereocenters. The molecule has 0 spiro atoms. The lowest BCUT2D eigenvalue weighted by molar-refractivity contribution is -0.161. The molecule has 1 N–H and O–H groups in total. The molecule has 0 amide bonds. The molecule has 0 aliphatic carbocycles. The molecule has 94 valence electrons. The van der Waals surface area contributed by atoms with Crippen LogP contribution < -0.4 is 0 Å². The van der Waals surface area contributed by atoms with Crippen molar-refractivity contribution in [2.24, 2.45) is 5.92 Å². The van der Waals surface area contributed by atoms with E-state index in [9.17, 15) is 4.79 Å². The molecule has 1 aliphatic heterocycles. The Morgan fingerprint density at radius 1 is 1.38 bits per heavy atom. The highest BCUT2D eigenvalue weighted by Crippen LogP contribution is 2.21. The zero-order chi connectivity index (χ0) is 12.2. The van der Waals surface area contributed by atoms with Crippen molar-refractivity contribution < 1.29 is 14.6 Å². The summed E-state index contributed by atoms with van der Waals surface area (Å²) in [6.45, 7) is 8.34. The van der Waals surface area contributed by atoms with Gasteiger partial charge in [-0.15, -0.1) is 0 Å². The van der Waals surface area contributed by atoms with Crippen molar-refractivity contribution in [3.8, 4) is 0 Å². The molecule has 0 aromatic carbocycles. The average molecular weight is 229 g/mol. The molecule has 0 radical (unpaired) electrons. The number of aliphatic hydroxyl groups is 1. The van der Waals surface area contributed by atoms with Crippen LogP contribution in [0, 0.1) is 5.92 Å². The van der Waals surface area contributed by atoms with Gasteiger partial charge in [0.1, 0.15) is 5.60 Å². The maximum absolute atomic E-state index is 11.8. The van der Waals surface area contributed by atoms with Crippen LogP contribution in [-0.4, -0.2) is 47.8 Å². The summed E-state index contributed by atoms with van der Waals surface area (Å²) in [6, 6.07) is 0. The topological polar surface area (TPSA) is 49.8 Å². The van der Waals surface area contributed by atoms with Gasteiger partial charge in [0, 0.05) is 6.54 Å². The second-order valence-corrected chi connectivity index (χ2v) is 5.37. The first-order valence-electron chi connectivity index (χ1n) is 5.98. The molecule has 1 aliphatic rings. The summed E-state index contributed by atoms with van der Waals surface area (Å²) < 4.78 is 5.37. The minimum atomic E-state index is -0.390. The summed E-state index contributed by atoms with van der Waals surface area (Å²) in [6.07, 6.45) is 1.68. The van der Waals surface area contributed by atoms with Crippen molar-refractivity contribution in [1.29, 1.82) is 0 Å². The smallest absolute Gasteiger partial charge is 0.309 e. The van der Waals surface area contributed by atoms with Gasteiger partial charge in [-0.2, -0.15) is 0 Å². The zero-order valence-electron chi connectivity index (χ0n) is 10.5. The van der Waals surface area contributed by atoms with Gasteiger partial charge < -0.3 is 14.7 Å². The molecule has 4 heteroatoms. The average Bonchev–Trinajstić information content (AvgIpc) is 2.16. The predicted octanol–water partition coefficient (Wildman–Crippen LogP) is 1.03. The van der Waals surface area contributed by atoms with Crippen LogP contribution >= 0.6 is 0 Å². The molecule has 1 fully saturated rings. The van der Waals surface area contributed by atoms with Gasteiger partial charge >= 0.3 is 5.97 Å². The Morgan fingerprint density at radius 3 is 2.38 bits per heavy atom. The van der Waals surface area contributed by atoms with Gasteiger partial charge in [0.2, 0.25) is 0 Å². The van der Waals surface area contributed by atoms with E-state index in [1.54, 1.807) is 0 Å². The number of likely N-dealkylation sites (tertiary alicyclic amines) is 1. The lowest BCUT2D eigenvalue weighted by atomic mass is 9.96. The van der Waals surface area contributed by atoms with E-state index in [0.29, 0.717) is 6.54 Å². The largest absolute Gasteiger partial charge is 0.460 e. The normalized spacial score (nSPS) is 19.8. The maximum atomic E-state index is 11.8. The molecular weight excluding hydrogens is 206 g/mol. The predicted molar refractivity (Wildman–Crippen MR) is 62.1 cm³/mol. The molecule has 0 saturated carbocycles. The van der Waals surface area contributed by atoms with E-state index >= 15 is 0 Å². The number of nitrogens with zero attached hydrogens (tertiary/aromatic N) is 1. The van der Waals surface area contributed by atoms with E-state index in [1.165, 1.54) is 0 Å². The fourth-order valence-corrected chi connectivity index (χ4v) is 1.92. The number of esters is 1. The van der Waals surface area contributed by atoms with Gasteiger partial charge in [-0.05, 0) is 46.7 Å². The van der Waals surface area contributed by atoms with Gasteiger partial charge in [0.05, 0.1) is 12.5 Å². The van der Waals surface area contributed by atoms with Gasteiger partial charge in [-0.25, -0.2) is 0 Å². The Hall–Kier alpha value is -0.610. The van der Waals surface area contributed by atoms with Crippen LogP contribution in [0.5, 0.6) is 0 Å². The highest BCUT2D eigenvalue weighted by Gasteiger charge is 2.28. The Balaban J connectivity index is 2.33. The van der Waals surface area contributed by atoms with Crippen molar-refractivity contribution in [3.63, 3.8) is 0 Å². The van der Waals surface area contributed by atoms with E-state index in [4.69, 9.17) is 9.84 Å². The molecule has 0 aromatic rings. The van der Waals surface area contributed by atoms with Gasteiger partial charge in [0.25, 0.3) is 0 Å². The lowest BCUT2D eigenvalue weighted by Gasteiger charge is -2.31. The third kappa shape index (κ3) is 4.49. The molecule has 1 saturated heterocycles. The third-order valence-corrected chi connectivity index (χ3v) is 2.74. The molecule has 0 aromatic heterocycles. The molecule has 0 atom stereocenters. The van der Waals surface area contributed by atoms with E-state index < -0.39 is 0 Å². The van der Waals surface area contributed by atoms with Crippen LogP contribution in [0.1, 0.15) is 33.6 Å². The monoisotopic (exact) mass is 229 g/mol. The first kappa shape index (κ1) is 13.5. The van der Waals surface area contributed by atoms with Crippen LogP contribution in [-0.2, 0) is 9.53 Å². The van der Waals surface area contributed by atoms with E-state index in [2.05, 4.69) is 4.90 Å². The summed E-state index contributed by atoms with van der Waals surface area (Å²) in [7, 11) is 0. The fraction of sp³-hybridized carbons (Fsp3) is 0.917. The quantitative estimate of drug-likeness (QED) is 0.734. The number of ether oxygens (including phenoxy) is 1. The Labute approximate surface area is 97.6 Å². The van der Waals surface area contributed by atoms with Gasteiger partial charge in [-0.3, -0.25) is 4.79 Å². The highest BCUT2D eigenvalue weighted by atomic mass is 16.6. The van der Waals surface area contributed by atoms with E-state index in [1.807, 2.05) is 20.8 Å². The van der Waals surface area contributed by atoms with Crippen molar-refractivity contribution >= 4 is 5.97 Å². The fourth-order valence-electron chi connectivity index (χ4n) is 1.92. The first-order chi connectivity index (χ1) is 7.42. The number of piperidine rings is 1. The van der Waals surface area contributed by atoms with Crippen LogP contribution in [0.3, 0.4) is 0 Å². The van der Waals surface area contributed by atoms with Gasteiger partial charge in [-0.1, -0.05) is 0 Å². The van der Waals surface area contributed by atoms with Gasteiger partial charge in [0.15, 0.2) is 0 Å². The molecule has 1 rings (SSSR count). The molecular formula is C12H23NO3. The van der Waals surface area contributed by atoms with Crippen molar-refractivity contribution in [1.82, 2.24) is 4.90 Å². The van der Waals surface area contributed by atoms with Crippen LogP contribution in [0.25, 0.3) is 0 Å². The van der Waals surface area contributed by atoms with Crippen LogP contribution in [0.2, 0.25) is 0 Å². The van der Waals surface area contributed by atoms with Crippen LogP contribution in [0.4, 0.5) is 0 Å². The number of carbonyl (C=O) groups is 1. The Kier molecular flexibility index (Phi) is 4.74. The number of rotatable bonds is 3.